The summed E-state index contributed by atoms with van der Waals surface area (Å²) in [5, 5.41) is 11.4. The molecular formula is C14H22N6O3. The molecule has 2 aliphatic rings. The second-order valence-corrected chi connectivity index (χ2v) is 5.84. The number of morpholine rings is 1. The zero-order chi connectivity index (χ0) is 16.2. The van der Waals surface area contributed by atoms with E-state index in [9.17, 15) is 10.1 Å². The summed E-state index contributed by atoms with van der Waals surface area (Å²) in [6, 6.07) is 0. The van der Waals surface area contributed by atoms with Crippen LogP contribution in [-0.4, -0.2) is 54.3 Å². The Kier molecular flexibility index (Phi) is 4.75. The van der Waals surface area contributed by atoms with Crippen molar-refractivity contribution in [3.05, 3.63) is 10.1 Å². The lowest BCUT2D eigenvalue weighted by molar-refractivity contribution is -0.383. The topological polar surface area (TPSA) is 111 Å². The quantitative estimate of drug-likeness (QED) is 0.652. The summed E-state index contributed by atoms with van der Waals surface area (Å²) < 4.78 is 5.32. The maximum absolute atomic E-state index is 11.4. The van der Waals surface area contributed by atoms with Crippen LogP contribution in [0.3, 0.4) is 0 Å². The molecule has 2 N–H and O–H groups in total. The molecule has 0 unspecified atom stereocenters. The molecule has 0 aliphatic carbocycles. The van der Waals surface area contributed by atoms with Crippen LogP contribution in [0.15, 0.2) is 0 Å². The van der Waals surface area contributed by atoms with Gasteiger partial charge in [-0.1, -0.05) is 12.8 Å². The van der Waals surface area contributed by atoms with Crippen molar-refractivity contribution in [2.24, 2.45) is 0 Å². The zero-order valence-corrected chi connectivity index (χ0v) is 13.1. The van der Waals surface area contributed by atoms with Gasteiger partial charge in [-0.25, -0.2) is 0 Å². The lowest BCUT2D eigenvalue weighted by Gasteiger charge is -2.29. The molecular weight excluding hydrogens is 300 g/mol. The van der Waals surface area contributed by atoms with Crippen LogP contribution in [-0.2, 0) is 4.74 Å². The minimum absolute atomic E-state index is 0.0641. The van der Waals surface area contributed by atoms with Crippen LogP contribution in [0.1, 0.15) is 25.7 Å². The van der Waals surface area contributed by atoms with Crippen molar-refractivity contribution in [2.75, 3.05) is 54.9 Å². The molecule has 2 saturated heterocycles. The van der Waals surface area contributed by atoms with Gasteiger partial charge in [0.05, 0.1) is 18.1 Å². The summed E-state index contributed by atoms with van der Waals surface area (Å²) in [5.74, 6) is 0.743. The SMILES string of the molecule is Nc1nc(N2CCCCCC2)nc(N2CCOCC2)c1[N+](=O)[O-]. The summed E-state index contributed by atoms with van der Waals surface area (Å²) in [5.41, 5.74) is 5.69. The molecule has 0 saturated carbocycles. The number of nitrogens with zero attached hydrogens (tertiary/aromatic N) is 5. The molecule has 9 heteroatoms. The molecule has 0 radical (unpaired) electrons. The van der Waals surface area contributed by atoms with Crippen molar-refractivity contribution in [3.63, 3.8) is 0 Å². The highest BCUT2D eigenvalue weighted by atomic mass is 16.6. The predicted octanol–water partition coefficient (Wildman–Crippen LogP) is 1.18. The van der Waals surface area contributed by atoms with E-state index >= 15 is 0 Å². The predicted molar refractivity (Wildman–Crippen MR) is 86.8 cm³/mol. The van der Waals surface area contributed by atoms with E-state index < -0.39 is 4.92 Å². The zero-order valence-electron chi connectivity index (χ0n) is 13.1. The van der Waals surface area contributed by atoms with E-state index in [1.807, 2.05) is 4.90 Å². The van der Waals surface area contributed by atoms with E-state index in [1.54, 1.807) is 0 Å². The van der Waals surface area contributed by atoms with Gasteiger partial charge >= 0.3 is 5.69 Å². The van der Waals surface area contributed by atoms with Crippen molar-refractivity contribution >= 4 is 23.3 Å². The lowest BCUT2D eigenvalue weighted by atomic mass is 10.2. The largest absolute Gasteiger partial charge is 0.378 e. The fourth-order valence-corrected chi connectivity index (χ4v) is 3.03. The number of hydrogen-bond acceptors (Lipinski definition) is 8. The third kappa shape index (κ3) is 3.44. The molecule has 2 aliphatic heterocycles. The molecule has 9 nitrogen and oxygen atoms in total. The van der Waals surface area contributed by atoms with E-state index in [0.29, 0.717) is 38.1 Å². The van der Waals surface area contributed by atoms with Gasteiger partial charge in [-0.15, -0.1) is 0 Å². The maximum Gasteiger partial charge on any atom is 0.353 e. The number of ether oxygens (including phenoxy) is 1. The second kappa shape index (κ2) is 6.95. The van der Waals surface area contributed by atoms with Gasteiger partial charge in [0.1, 0.15) is 0 Å². The molecule has 1 aromatic heterocycles. The van der Waals surface area contributed by atoms with E-state index in [0.717, 1.165) is 25.9 Å². The Morgan fingerprint density at radius 2 is 1.65 bits per heavy atom. The molecule has 0 aromatic carbocycles. The summed E-state index contributed by atoms with van der Waals surface area (Å²) in [7, 11) is 0. The van der Waals surface area contributed by atoms with E-state index in [2.05, 4.69) is 14.9 Å². The Hall–Kier alpha value is -2.16. The minimum atomic E-state index is -0.494. The van der Waals surface area contributed by atoms with Gasteiger partial charge in [-0.05, 0) is 12.8 Å². The van der Waals surface area contributed by atoms with Gasteiger partial charge < -0.3 is 20.3 Å². The van der Waals surface area contributed by atoms with E-state index in [4.69, 9.17) is 10.5 Å². The monoisotopic (exact) mass is 322 g/mol. The van der Waals surface area contributed by atoms with Crippen molar-refractivity contribution in [1.29, 1.82) is 0 Å². The molecule has 0 spiro atoms. The molecule has 3 heterocycles. The van der Waals surface area contributed by atoms with Crippen molar-refractivity contribution in [3.8, 4) is 0 Å². The highest BCUT2D eigenvalue weighted by Gasteiger charge is 2.29. The Morgan fingerprint density at radius 1 is 1.00 bits per heavy atom. The smallest absolute Gasteiger partial charge is 0.353 e. The van der Waals surface area contributed by atoms with Gasteiger partial charge in [-0.2, -0.15) is 9.97 Å². The number of hydrogen-bond donors (Lipinski definition) is 1. The van der Waals surface area contributed by atoms with Crippen molar-refractivity contribution < 1.29 is 9.66 Å². The first kappa shape index (κ1) is 15.7. The number of nitrogen functional groups attached to an aromatic ring is 1. The molecule has 0 amide bonds. The number of rotatable bonds is 3. The molecule has 2 fully saturated rings. The highest BCUT2D eigenvalue weighted by Crippen LogP contribution is 2.33. The summed E-state index contributed by atoms with van der Waals surface area (Å²) in [4.78, 5) is 23.6. The number of nitro groups is 1. The maximum atomic E-state index is 11.4. The number of anilines is 3. The Morgan fingerprint density at radius 3 is 2.26 bits per heavy atom. The first-order valence-corrected chi connectivity index (χ1v) is 8.06. The van der Waals surface area contributed by atoms with Gasteiger partial charge in [-0.3, -0.25) is 10.1 Å². The lowest BCUT2D eigenvalue weighted by Crippen LogP contribution is -2.38. The van der Waals surface area contributed by atoms with Crippen LogP contribution in [0.5, 0.6) is 0 Å². The molecule has 3 rings (SSSR count). The summed E-state index contributed by atoms with van der Waals surface area (Å²) in [6.45, 7) is 3.91. The van der Waals surface area contributed by atoms with Crippen LogP contribution in [0.4, 0.5) is 23.3 Å². The Labute approximate surface area is 134 Å². The molecule has 23 heavy (non-hydrogen) atoms. The minimum Gasteiger partial charge on any atom is -0.378 e. The Bertz CT molecular complexity index is 568. The van der Waals surface area contributed by atoms with E-state index in [-0.39, 0.29) is 11.5 Å². The third-order valence-electron chi connectivity index (χ3n) is 4.26. The Balaban J connectivity index is 1.98. The fourth-order valence-electron chi connectivity index (χ4n) is 3.03. The fraction of sp³-hybridized carbons (Fsp3) is 0.714. The first-order valence-electron chi connectivity index (χ1n) is 8.06. The van der Waals surface area contributed by atoms with Crippen LogP contribution in [0, 0.1) is 10.1 Å². The average Bonchev–Trinajstić information content (AvgIpc) is 2.84. The number of nitrogens with two attached hydrogens (primary N) is 1. The molecule has 1 aromatic rings. The van der Waals surface area contributed by atoms with Crippen LogP contribution < -0.4 is 15.5 Å². The number of aromatic nitrogens is 2. The highest BCUT2D eigenvalue weighted by molar-refractivity contribution is 5.71. The van der Waals surface area contributed by atoms with Gasteiger partial charge in [0.2, 0.25) is 17.6 Å². The molecule has 0 atom stereocenters. The van der Waals surface area contributed by atoms with Crippen LogP contribution in [0.2, 0.25) is 0 Å². The summed E-state index contributed by atoms with van der Waals surface area (Å²) >= 11 is 0. The summed E-state index contributed by atoms with van der Waals surface area (Å²) in [6.07, 6.45) is 4.53. The van der Waals surface area contributed by atoms with Gasteiger partial charge in [0, 0.05) is 26.2 Å². The molecule has 126 valence electrons. The average molecular weight is 322 g/mol. The van der Waals surface area contributed by atoms with Gasteiger partial charge in [0.25, 0.3) is 0 Å². The van der Waals surface area contributed by atoms with E-state index in [1.165, 1.54) is 12.8 Å². The normalized spacial score (nSPS) is 19.5. The van der Waals surface area contributed by atoms with Crippen molar-refractivity contribution in [1.82, 2.24) is 9.97 Å². The second-order valence-electron chi connectivity index (χ2n) is 5.84. The van der Waals surface area contributed by atoms with Gasteiger partial charge in [0.15, 0.2) is 0 Å². The molecule has 0 bridgehead atoms. The van der Waals surface area contributed by atoms with Crippen LogP contribution >= 0.6 is 0 Å². The third-order valence-corrected chi connectivity index (χ3v) is 4.26. The van der Waals surface area contributed by atoms with Crippen LogP contribution in [0.25, 0.3) is 0 Å². The standard InChI is InChI=1S/C14H22N6O3/c15-12-11(20(21)22)13(18-7-9-23-10-8-18)17-14(16-12)19-5-3-1-2-4-6-19/h1-10H2,(H2,15,16,17). The van der Waals surface area contributed by atoms with Crippen molar-refractivity contribution in [2.45, 2.75) is 25.7 Å². The first-order chi connectivity index (χ1) is 11.2.